The SMILES string of the molecule is CCCCCCCC(=O)c1ccc(OS(=O)(=O)c2ccc(C)cc2)c(OS(=O)(=O)c2ccc(C)cc2)c1OS(=O)(=O)c1ccc(C)cc1. The molecule has 48 heavy (non-hydrogen) atoms. The van der Waals surface area contributed by atoms with Crippen molar-refractivity contribution in [1.29, 1.82) is 0 Å². The lowest BCUT2D eigenvalue weighted by atomic mass is 10.0. The fourth-order valence-corrected chi connectivity index (χ4v) is 7.44. The fraction of sp³-hybridized carbons (Fsp3) is 0.286. The quantitative estimate of drug-likeness (QED) is 0.0651. The second kappa shape index (κ2) is 15.3. The minimum Gasteiger partial charge on any atom is -0.375 e. The van der Waals surface area contributed by atoms with Gasteiger partial charge in [-0.1, -0.05) is 85.7 Å². The monoisotopic (exact) mass is 714 g/mol. The molecular weight excluding hydrogens is 677 g/mol. The molecule has 256 valence electrons. The molecule has 0 aliphatic carbocycles. The summed E-state index contributed by atoms with van der Waals surface area (Å²) in [6.45, 7) is 7.32. The molecule has 0 aliphatic rings. The topological polar surface area (TPSA) is 147 Å². The van der Waals surface area contributed by atoms with Crippen LogP contribution in [0.5, 0.6) is 17.2 Å². The lowest BCUT2D eigenvalue weighted by Gasteiger charge is -2.19. The normalized spacial score (nSPS) is 12.0. The van der Waals surface area contributed by atoms with Crippen molar-refractivity contribution < 1.29 is 42.6 Å². The Hall–Kier alpha value is -4.20. The molecule has 0 saturated carbocycles. The smallest absolute Gasteiger partial charge is 0.339 e. The molecular formula is C35H38O10S3. The molecule has 0 aromatic heterocycles. The lowest BCUT2D eigenvalue weighted by Crippen LogP contribution is -2.18. The number of hydrogen-bond acceptors (Lipinski definition) is 10. The maximum atomic E-state index is 13.6. The van der Waals surface area contributed by atoms with Gasteiger partial charge in [-0.05, 0) is 75.7 Å². The van der Waals surface area contributed by atoms with E-state index in [0.29, 0.717) is 6.42 Å². The molecule has 0 heterocycles. The van der Waals surface area contributed by atoms with Crippen molar-refractivity contribution in [1.82, 2.24) is 0 Å². The number of unbranched alkanes of at least 4 members (excludes halogenated alkanes) is 4. The van der Waals surface area contributed by atoms with Gasteiger partial charge in [0.25, 0.3) is 0 Å². The van der Waals surface area contributed by atoms with Gasteiger partial charge in [0.2, 0.25) is 11.5 Å². The van der Waals surface area contributed by atoms with Crippen molar-refractivity contribution in [2.75, 3.05) is 0 Å². The van der Waals surface area contributed by atoms with Crippen LogP contribution in [0.15, 0.2) is 99.6 Å². The van der Waals surface area contributed by atoms with Crippen LogP contribution in [-0.2, 0) is 30.4 Å². The van der Waals surface area contributed by atoms with Crippen LogP contribution in [0, 0.1) is 20.8 Å². The molecule has 0 radical (unpaired) electrons. The summed E-state index contributed by atoms with van der Waals surface area (Å²) in [6.07, 6.45) is 4.05. The summed E-state index contributed by atoms with van der Waals surface area (Å²) >= 11 is 0. The predicted octanol–water partition coefficient (Wildman–Crippen LogP) is 7.46. The Bertz CT molecular complexity index is 2070. The van der Waals surface area contributed by atoms with E-state index in [1.807, 2.05) is 0 Å². The first-order valence-electron chi connectivity index (χ1n) is 15.4. The highest BCUT2D eigenvalue weighted by molar-refractivity contribution is 7.87. The number of Topliss-reactive ketones (excluding diaryl/α,β-unsaturated/α-hetero) is 1. The highest BCUT2D eigenvalue weighted by Crippen LogP contribution is 2.45. The molecule has 4 aromatic rings. The molecule has 0 fully saturated rings. The number of benzene rings is 4. The van der Waals surface area contributed by atoms with Crippen molar-refractivity contribution in [3.63, 3.8) is 0 Å². The second-order valence-corrected chi connectivity index (χ2v) is 16.0. The molecule has 10 nitrogen and oxygen atoms in total. The van der Waals surface area contributed by atoms with E-state index >= 15 is 0 Å². The van der Waals surface area contributed by atoms with Crippen molar-refractivity contribution in [2.24, 2.45) is 0 Å². The Morgan fingerprint density at radius 3 is 1.33 bits per heavy atom. The lowest BCUT2D eigenvalue weighted by molar-refractivity contribution is 0.0977. The zero-order valence-electron chi connectivity index (χ0n) is 27.1. The van der Waals surface area contributed by atoms with Crippen LogP contribution >= 0.6 is 0 Å². The van der Waals surface area contributed by atoms with E-state index in [9.17, 15) is 30.0 Å². The summed E-state index contributed by atoms with van der Waals surface area (Å²) < 4.78 is 97.6. The van der Waals surface area contributed by atoms with Gasteiger partial charge >= 0.3 is 30.4 Å². The molecule has 0 spiro atoms. The maximum Gasteiger partial charge on any atom is 0.339 e. The summed E-state index contributed by atoms with van der Waals surface area (Å²) in [6, 6.07) is 19.1. The van der Waals surface area contributed by atoms with Gasteiger partial charge in [0, 0.05) is 6.42 Å². The standard InChI is InChI=1S/C35H38O10S3/c1-5-6-7-8-9-10-32(36)31-23-24-33(43-46(37,38)28-17-11-25(2)12-18-28)35(45-48(41,42)30-21-15-27(4)16-22-30)34(31)44-47(39,40)29-19-13-26(3)14-20-29/h11-24H,5-10H2,1-4H3. The van der Waals surface area contributed by atoms with Gasteiger partial charge in [-0.15, -0.1) is 0 Å². The van der Waals surface area contributed by atoms with Crippen LogP contribution in [0.1, 0.15) is 72.5 Å². The Labute approximate surface area is 283 Å². The third-order valence-electron chi connectivity index (χ3n) is 7.40. The average molecular weight is 715 g/mol. The fourth-order valence-electron chi connectivity index (χ4n) is 4.61. The number of ketones is 1. The van der Waals surface area contributed by atoms with Crippen LogP contribution in [0.4, 0.5) is 0 Å². The number of hydrogen-bond donors (Lipinski definition) is 0. The molecule has 13 heteroatoms. The molecule has 0 aliphatic heterocycles. The number of rotatable bonds is 16. The Morgan fingerprint density at radius 1 is 0.500 bits per heavy atom. The van der Waals surface area contributed by atoms with Crippen molar-refractivity contribution in [2.45, 2.75) is 80.9 Å². The summed E-state index contributed by atoms with van der Waals surface area (Å²) in [5.41, 5.74) is 1.96. The Balaban J connectivity index is 1.91. The van der Waals surface area contributed by atoms with Gasteiger partial charge in [-0.3, -0.25) is 4.79 Å². The van der Waals surface area contributed by atoms with Gasteiger partial charge in [0.05, 0.1) is 5.56 Å². The summed E-state index contributed by atoms with van der Waals surface area (Å²) in [5, 5.41) is 0. The van der Waals surface area contributed by atoms with Crippen LogP contribution in [-0.4, -0.2) is 31.0 Å². The third kappa shape index (κ3) is 9.24. The second-order valence-electron chi connectivity index (χ2n) is 11.4. The van der Waals surface area contributed by atoms with Crippen LogP contribution in [0.25, 0.3) is 0 Å². The van der Waals surface area contributed by atoms with Gasteiger partial charge < -0.3 is 12.5 Å². The van der Waals surface area contributed by atoms with Gasteiger partial charge in [-0.2, -0.15) is 25.3 Å². The number of carbonyl (C=O) groups excluding carboxylic acids is 1. The molecule has 0 saturated heterocycles. The molecule has 0 unspecified atom stereocenters. The number of aryl methyl sites for hydroxylation is 3. The average Bonchev–Trinajstić information content (AvgIpc) is 3.03. The summed E-state index contributed by atoms with van der Waals surface area (Å²) in [7, 11) is -14.1. The van der Waals surface area contributed by atoms with E-state index in [0.717, 1.165) is 54.5 Å². The highest BCUT2D eigenvalue weighted by Gasteiger charge is 2.33. The molecule has 4 rings (SSSR count). The first-order chi connectivity index (χ1) is 22.6. The van der Waals surface area contributed by atoms with E-state index in [4.69, 9.17) is 12.5 Å². The summed E-state index contributed by atoms with van der Waals surface area (Å²) in [4.78, 5) is 12.7. The van der Waals surface area contributed by atoms with E-state index in [-0.39, 0.29) is 26.7 Å². The van der Waals surface area contributed by atoms with Crippen LogP contribution < -0.4 is 12.5 Å². The molecule has 4 aromatic carbocycles. The maximum absolute atomic E-state index is 13.6. The Morgan fingerprint density at radius 2 is 0.896 bits per heavy atom. The predicted molar refractivity (Wildman–Crippen MR) is 181 cm³/mol. The third-order valence-corrected chi connectivity index (χ3v) is 11.1. The van der Waals surface area contributed by atoms with Crippen LogP contribution in [0.2, 0.25) is 0 Å². The van der Waals surface area contributed by atoms with Crippen molar-refractivity contribution in [3.8, 4) is 17.2 Å². The van der Waals surface area contributed by atoms with Gasteiger partial charge in [-0.25, -0.2) is 0 Å². The first kappa shape index (κ1) is 36.6. The molecule has 0 N–H and O–H groups in total. The molecule has 0 amide bonds. The van der Waals surface area contributed by atoms with E-state index in [2.05, 4.69) is 6.92 Å². The van der Waals surface area contributed by atoms with Crippen molar-refractivity contribution >= 4 is 36.1 Å². The summed E-state index contributed by atoms with van der Waals surface area (Å²) in [5.74, 6) is -3.01. The minimum atomic E-state index is -4.76. The van der Waals surface area contributed by atoms with Crippen molar-refractivity contribution in [3.05, 3.63) is 107 Å². The first-order valence-corrected chi connectivity index (χ1v) is 19.6. The molecule has 0 atom stereocenters. The highest BCUT2D eigenvalue weighted by atomic mass is 32.2. The Kier molecular flexibility index (Phi) is 11.7. The van der Waals surface area contributed by atoms with E-state index in [1.165, 1.54) is 60.7 Å². The zero-order chi connectivity index (χ0) is 35.1. The van der Waals surface area contributed by atoms with Gasteiger partial charge in [0.15, 0.2) is 11.5 Å². The molecule has 0 bridgehead atoms. The van der Waals surface area contributed by atoms with Gasteiger partial charge in [0.1, 0.15) is 14.7 Å². The largest absolute Gasteiger partial charge is 0.375 e. The van der Waals surface area contributed by atoms with E-state index < -0.39 is 53.4 Å². The van der Waals surface area contributed by atoms with E-state index in [1.54, 1.807) is 32.9 Å². The number of carbonyl (C=O) groups is 1. The van der Waals surface area contributed by atoms with Crippen LogP contribution in [0.3, 0.4) is 0 Å². The minimum absolute atomic E-state index is 0.0172. The zero-order valence-corrected chi connectivity index (χ0v) is 29.6.